The monoisotopic (exact) mass is 902 g/mol. The second kappa shape index (κ2) is 25.9. The van der Waals surface area contributed by atoms with Crippen molar-refractivity contribution in [3.05, 3.63) is 187 Å². The molecule has 67 heavy (non-hydrogen) atoms. The largest absolute Gasteiger partial charge is 0.494 e. The van der Waals surface area contributed by atoms with E-state index >= 15 is 0 Å². The number of benzene rings is 5. The number of rotatable bonds is 28. The summed E-state index contributed by atoms with van der Waals surface area (Å²) in [6, 6.07) is 33.4. The minimum absolute atomic E-state index is 0.289. The first-order valence-electron chi connectivity index (χ1n) is 22.9. The molecule has 5 aromatic rings. The average molecular weight is 903 g/mol. The third-order valence-electron chi connectivity index (χ3n) is 11.1. The summed E-state index contributed by atoms with van der Waals surface area (Å²) in [4.78, 5) is 49.5. The zero-order valence-corrected chi connectivity index (χ0v) is 38.0. The molecule has 0 atom stereocenters. The first-order valence-corrected chi connectivity index (χ1v) is 22.9. The molecule has 1 aliphatic rings. The van der Waals surface area contributed by atoms with Crippen LogP contribution in [0.1, 0.15) is 96.1 Å². The van der Waals surface area contributed by atoms with E-state index in [9.17, 15) is 19.2 Å². The first-order chi connectivity index (χ1) is 32.8. The summed E-state index contributed by atoms with van der Waals surface area (Å²) in [5.74, 6) is -0.0474. The maximum Gasteiger partial charge on any atom is 0.343 e. The van der Waals surface area contributed by atoms with Crippen molar-refractivity contribution < 1.29 is 47.6 Å². The minimum atomic E-state index is -0.550. The molecule has 0 aromatic heterocycles. The molecule has 0 aliphatic heterocycles. The van der Waals surface area contributed by atoms with Crippen LogP contribution in [-0.4, -0.2) is 50.3 Å². The number of unbranched alkanes of at least 4 members (excludes halogenated alkanes) is 6. The SMILES string of the molecule is C=CC/C(=C1C=C/1CCc1cccc2ccccc12)c1cc(OC(=O)c2ccc(OCCCCCCOC(=O)C=C)cc2)ccc1OC(=O)c1ccc(OCCCCCCOC(=O)C=C)cc1. The highest BCUT2D eigenvalue weighted by molar-refractivity contribution is 5.94. The highest BCUT2D eigenvalue weighted by Crippen LogP contribution is 2.44. The molecule has 0 heterocycles. The number of fused-ring (bicyclic) bond motifs is 1. The molecule has 0 unspecified atom stereocenters. The molecule has 0 fully saturated rings. The van der Waals surface area contributed by atoms with E-state index in [4.69, 9.17) is 28.4 Å². The van der Waals surface area contributed by atoms with Crippen molar-refractivity contribution in [2.24, 2.45) is 0 Å². The van der Waals surface area contributed by atoms with Crippen LogP contribution in [0.2, 0.25) is 0 Å². The van der Waals surface area contributed by atoms with E-state index in [1.807, 2.05) is 12.1 Å². The second-order valence-corrected chi connectivity index (χ2v) is 15.9. The molecule has 0 amide bonds. The van der Waals surface area contributed by atoms with Gasteiger partial charge in [-0.1, -0.05) is 67.8 Å². The third kappa shape index (κ3) is 15.3. The van der Waals surface area contributed by atoms with Gasteiger partial charge < -0.3 is 28.4 Å². The maximum absolute atomic E-state index is 13.7. The number of carbonyl (C=O) groups excluding carboxylic acids is 4. The van der Waals surface area contributed by atoms with Gasteiger partial charge in [0.2, 0.25) is 0 Å². The van der Waals surface area contributed by atoms with Gasteiger partial charge in [0.05, 0.1) is 37.6 Å². The standard InChI is InChI=1S/C57H58O10/c1-4-18-50(51-39-45(51)24-23-42-21-17-20-41-19-11-12-22-49(41)42)52-40-48(66-56(60)43-25-29-46(30-26-43)62-35-13-7-9-15-37-64-54(58)5-2)33-34-53(52)67-57(61)44-27-31-47(32-28-44)63-36-14-8-10-16-38-65-55(59)6-3/h4-6,11-12,17,19-22,25-34,39-40H,1-3,7-10,13-16,18,23-24,35-38H2/b51-50+. The summed E-state index contributed by atoms with van der Waals surface area (Å²) in [6.07, 6.45) is 15.3. The predicted molar refractivity (Wildman–Crippen MR) is 262 cm³/mol. The topological polar surface area (TPSA) is 124 Å². The Hall–Kier alpha value is -7.46. The Labute approximate surface area is 393 Å². The van der Waals surface area contributed by atoms with Crippen LogP contribution in [0.5, 0.6) is 23.0 Å². The molecule has 0 spiro atoms. The predicted octanol–water partition coefficient (Wildman–Crippen LogP) is 12.5. The van der Waals surface area contributed by atoms with E-state index in [0.29, 0.717) is 66.8 Å². The van der Waals surface area contributed by atoms with Crippen molar-refractivity contribution >= 4 is 40.2 Å². The van der Waals surface area contributed by atoms with Crippen LogP contribution in [0.25, 0.3) is 16.3 Å². The zero-order chi connectivity index (χ0) is 47.2. The van der Waals surface area contributed by atoms with Gasteiger partial charge in [0, 0.05) is 17.7 Å². The van der Waals surface area contributed by atoms with Crippen LogP contribution in [0.3, 0.4) is 0 Å². The Morgan fingerprint density at radius 2 is 1.06 bits per heavy atom. The third-order valence-corrected chi connectivity index (χ3v) is 11.1. The average Bonchev–Trinajstić information content (AvgIpc) is 4.14. The van der Waals surface area contributed by atoms with Crippen LogP contribution in [0.15, 0.2) is 164 Å². The van der Waals surface area contributed by atoms with Crippen LogP contribution >= 0.6 is 0 Å². The molecular weight excluding hydrogens is 845 g/mol. The number of esters is 4. The molecule has 0 radical (unpaired) electrons. The van der Waals surface area contributed by atoms with Gasteiger partial charge >= 0.3 is 23.9 Å². The van der Waals surface area contributed by atoms with E-state index in [0.717, 1.165) is 87.5 Å². The van der Waals surface area contributed by atoms with E-state index in [1.165, 1.54) is 21.9 Å². The number of hydrogen-bond donors (Lipinski definition) is 0. The Balaban J connectivity index is 1.11. The van der Waals surface area contributed by atoms with Gasteiger partial charge in [-0.15, -0.1) is 6.58 Å². The van der Waals surface area contributed by atoms with Crippen LogP contribution < -0.4 is 18.9 Å². The smallest absolute Gasteiger partial charge is 0.343 e. The first kappa shape index (κ1) is 49.0. The van der Waals surface area contributed by atoms with Gasteiger partial charge in [-0.2, -0.15) is 0 Å². The van der Waals surface area contributed by atoms with E-state index in [-0.39, 0.29) is 5.75 Å². The summed E-state index contributed by atoms with van der Waals surface area (Å²) >= 11 is 0. The lowest BCUT2D eigenvalue weighted by Gasteiger charge is -2.15. The lowest BCUT2D eigenvalue weighted by molar-refractivity contribution is -0.138. The number of aryl methyl sites for hydroxylation is 1. The lowest BCUT2D eigenvalue weighted by atomic mass is 9.96. The van der Waals surface area contributed by atoms with Crippen LogP contribution in [0.4, 0.5) is 0 Å². The Morgan fingerprint density at radius 3 is 1.64 bits per heavy atom. The Kier molecular flexibility index (Phi) is 18.9. The molecule has 1 aliphatic carbocycles. The highest BCUT2D eigenvalue weighted by Gasteiger charge is 2.25. The van der Waals surface area contributed by atoms with Crippen molar-refractivity contribution in [3.63, 3.8) is 0 Å². The summed E-state index contributed by atoms with van der Waals surface area (Å²) in [5, 5.41) is 2.44. The molecule has 0 bridgehead atoms. The number of ether oxygens (including phenoxy) is 6. The van der Waals surface area contributed by atoms with Crippen molar-refractivity contribution in [1.29, 1.82) is 0 Å². The van der Waals surface area contributed by atoms with Gasteiger partial charge in [0.25, 0.3) is 0 Å². The molecule has 0 N–H and O–H groups in total. The van der Waals surface area contributed by atoms with Crippen molar-refractivity contribution in [1.82, 2.24) is 0 Å². The summed E-state index contributed by atoms with van der Waals surface area (Å²) in [5.41, 5.74) is 5.74. The zero-order valence-electron chi connectivity index (χ0n) is 38.0. The van der Waals surface area contributed by atoms with Crippen LogP contribution in [-0.2, 0) is 25.5 Å². The van der Waals surface area contributed by atoms with Gasteiger partial charge in [0.15, 0.2) is 0 Å². The van der Waals surface area contributed by atoms with Gasteiger partial charge in [0.1, 0.15) is 23.0 Å². The van der Waals surface area contributed by atoms with Crippen molar-refractivity contribution in [2.75, 3.05) is 26.4 Å². The minimum Gasteiger partial charge on any atom is -0.494 e. The Morgan fingerprint density at radius 1 is 0.522 bits per heavy atom. The maximum atomic E-state index is 13.7. The molecule has 10 nitrogen and oxygen atoms in total. The summed E-state index contributed by atoms with van der Waals surface area (Å²) in [6.45, 7) is 12.6. The van der Waals surface area contributed by atoms with Gasteiger partial charge in [-0.05, 0) is 170 Å². The van der Waals surface area contributed by atoms with E-state index < -0.39 is 23.9 Å². The van der Waals surface area contributed by atoms with Gasteiger partial charge in [-0.3, -0.25) is 0 Å². The lowest BCUT2D eigenvalue weighted by Crippen LogP contribution is -2.11. The summed E-state index contributed by atoms with van der Waals surface area (Å²) in [7, 11) is 0. The number of hydrogen-bond acceptors (Lipinski definition) is 10. The van der Waals surface area contributed by atoms with Crippen LogP contribution in [0, 0.1) is 0 Å². The number of allylic oxidation sites excluding steroid dienone is 5. The fourth-order valence-corrected chi connectivity index (χ4v) is 7.47. The summed E-state index contributed by atoms with van der Waals surface area (Å²) < 4.78 is 33.8. The van der Waals surface area contributed by atoms with Crippen molar-refractivity contribution in [2.45, 2.75) is 70.6 Å². The molecule has 0 saturated heterocycles. The highest BCUT2D eigenvalue weighted by atomic mass is 16.5. The van der Waals surface area contributed by atoms with Crippen molar-refractivity contribution in [3.8, 4) is 23.0 Å². The van der Waals surface area contributed by atoms with E-state index in [2.05, 4.69) is 62.2 Å². The van der Waals surface area contributed by atoms with Gasteiger partial charge in [-0.25, -0.2) is 19.2 Å². The molecule has 346 valence electrons. The quantitative estimate of drug-likeness (QED) is 0.0158. The second-order valence-electron chi connectivity index (χ2n) is 15.9. The normalized spacial score (nSPS) is 12.3. The molecule has 5 aromatic carbocycles. The molecule has 6 rings (SSSR count). The molecule has 10 heteroatoms. The fourth-order valence-electron chi connectivity index (χ4n) is 7.47. The molecular formula is C57H58O10. The van der Waals surface area contributed by atoms with E-state index in [1.54, 1.807) is 66.7 Å². The Bertz CT molecular complexity index is 2580. The number of carbonyl (C=O) groups is 4. The molecule has 0 saturated carbocycles. The fraction of sp³-hybridized carbons (Fsp3) is 0.263.